The third-order valence-electron chi connectivity index (χ3n) is 3.29. The number of carbonyl (C=O) groups is 1. The first-order chi connectivity index (χ1) is 7.63. The molecule has 2 N–H and O–H groups in total. The van der Waals surface area contributed by atoms with Crippen molar-refractivity contribution in [1.29, 1.82) is 0 Å². The van der Waals surface area contributed by atoms with Crippen molar-refractivity contribution in [3.8, 4) is 0 Å². The standard InChI is InChI=1S/C13H26N2O/c1-3-4-5-6-7-13(16)15-9-11(2)8-12(14)10-15/h11-12H,3-10,14H2,1-2H3. The minimum atomic E-state index is 0.184. The molecule has 2 atom stereocenters. The third-order valence-corrected chi connectivity index (χ3v) is 3.29. The number of hydrogen-bond donors (Lipinski definition) is 1. The number of amides is 1. The monoisotopic (exact) mass is 226 g/mol. The fourth-order valence-corrected chi connectivity index (χ4v) is 2.46. The minimum Gasteiger partial charge on any atom is -0.341 e. The van der Waals surface area contributed by atoms with E-state index in [2.05, 4.69) is 13.8 Å². The quantitative estimate of drug-likeness (QED) is 0.730. The summed E-state index contributed by atoms with van der Waals surface area (Å²) in [7, 11) is 0. The average Bonchev–Trinajstić information content (AvgIpc) is 2.22. The lowest BCUT2D eigenvalue weighted by atomic mass is 9.96. The smallest absolute Gasteiger partial charge is 0.222 e. The molecule has 16 heavy (non-hydrogen) atoms. The molecule has 3 heteroatoms. The van der Waals surface area contributed by atoms with Crippen LogP contribution in [0.1, 0.15) is 52.4 Å². The number of carbonyl (C=O) groups excluding carboxylic acids is 1. The Balaban J connectivity index is 2.24. The van der Waals surface area contributed by atoms with Gasteiger partial charge in [-0.05, 0) is 18.8 Å². The molecule has 94 valence electrons. The van der Waals surface area contributed by atoms with E-state index in [1.165, 1.54) is 19.3 Å². The number of likely N-dealkylation sites (tertiary alicyclic amines) is 1. The Morgan fingerprint density at radius 3 is 2.69 bits per heavy atom. The predicted octanol–water partition coefficient (Wildman–Crippen LogP) is 2.15. The second-order valence-electron chi connectivity index (χ2n) is 5.21. The molecule has 1 saturated heterocycles. The van der Waals surface area contributed by atoms with Gasteiger partial charge < -0.3 is 10.6 Å². The highest BCUT2D eigenvalue weighted by atomic mass is 16.2. The second-order valence-corrected chi connectivity index (χ2v) is 5.21. The summed E-state index contributed by atoms with van der Waals surface area (Å²) in [6.45, 7) is 6.03. The van der Waals surface area contributed by atoms with Gasteiger partial charge in [-0.25, -0.2) is 0 Å². The Kier molecular flexibility index (Phi) is 5.81. The Hall–Kier alpha value is -0.570. The lowest BCUT2D eigenvalue weighted by molar-refractivity contribution is -0.133. The molecule has 1 aliphatic heterocycles. The summed E-state index contributed by atoms with van der Waals surface area (Å²) >= 11 is 0. The van der Waals surface area contributed by atoms with Crippen LogP contribution >= 0.6 is 0 Å². The zero-order valence-corrected chi connectivity index (χ0v) is 10.7. The summed E-state index contributed by atoms with van der Waals surface area (Å²) in [5.41, 5.74) is 5.94. The van der Waals surface area contributed by atoms with Gasteiger partial charge in [0.05, 0.1) is 0 Å². The molecule has 0 aromatic carbocycles. The summed E-state index contributed by atoms with van der Waals surface area (Å²) in [5, 5.41) is 0. The van der Waals surface area contributed by atoms with E-state index < -0.39 is 0 Å². The molecule has 0 bridgehead atoms. The maximum absolute atomic E-state index is 11.9. The van der Waals surface area contributed by atoms with Crippen LogP contribution in [0.4, 0.5) is 0 Å². The van der Waals surface area contributed by atoms with Gasteiger partial charge >= 0.3 is 0 Å². The van der Waals surface area contributed by atoms with E-state index in [9.17, 15) is 4.79 Å². The molecule has 0 aromatic heterocycles. The molecular formula is C13H26N2O. The van der Waals surface area contributed by atoms with Crippen LogP contribution in [0.2, 0.25) is 0 Å². The number of nitrogens with zero attached hydrogens (tertiary/aromatic N) is 1. The van der Waals surface area contributed by atoms with Crippen molar-refractivity contribution < 1.29 is 4.79 Å². The molecule has 1 rings (SSSR count). The minimum absolute atomic E-state index is 0.184. The fourth-order valence-electron chi connectivity index (χ4n) is 2.46. The van der Waals surface area contributed by atoms with Crippen LogP contribution in [0, 0.1) is 5.92 Å². The molecule has 1 amide bonds. The van der Waals surface area contributed by atoms with Gasteiger partial charge in [-0.3, -0.25) is 4.79 Å². The molecule has 2 unspecified atom stereocenters. The Morgan fingerprint density at radius 1 is 1.31 bits per heavy atom. The first-order valence-corrected chi connectivity index (χ1v) is 6.66. The SMILES string of the molecule is CCCCCCC(=O)N1CC(C)CC(N)C1. The van der Waals surface area contributed by atoms with Crippen molar-refractivity contribution in [2.75, 3.05) is 13.1 Å². The molecule has 1 fully saturated rings. The summed E-state index contributed by atoms with van der Waals surface area (Å²) in [5.74, 6) is 0.862. The molecular weight excluding hydrogens is 200 g/mol. The molecule has 0 spiro atoms. The van der Waals surface area contributed by atoms with E-state index in [4.69, 9.17) is 5.73 Å². The van der Waals surface area contributed by atoms with Crippen molar-refractivity contribution in [2.24, 2.45) is 11.7 Å². The maximum atomic E-state index is 11.9. The van der Waals surface area contributed by atoms with E-state index in [0.717, 1.165) is 25.9 Å². The molecule has 1 aliphatic rings. The van der Waals surface area contributed by atoms with Crippen LogP contribution in [0.25, 0.3) is 0 Å². The highest BCUT2D eigenvalue weighted by Crippen LogP contribution is 2.16. The highest BCUT2D eigenvalue weighted by Gasteiger charge is 2.24. The Labute approximate surface area is 99.4 Å². The zero-order chi connectivity index (χ0) is 12.0. The first-order valence-electron chi connectivity index (χ1n) is 6.66. The van der Waals surface area contributed by atoms with Crippen molar-refractivity contribution in [3.05, 3.63) is 0 Å². The molecule has 0 aliphatic carbocycles. The largest absolute Gasteiger partial charge is 0.341 e. The summed E-state index contributed by atoms with van der Waals surface area (Å²) in [6.07, 6.45) is 6.44. The van der Waals surface area contributed by atoms with Crippen molar-refractivity contribution in [2.45, 2.75) is 58.4 Å². The first kappa shape index (κ1) is 13.5. The molecule has 3 nitrogen and oxygen atoms in total. The van der Waals surface area contributed by atoms with Gasteiger partial charge in [-0.15, -0.1) is 0 Å². The zero-order valence-electron chi connectivity index (χ0n) is 10.7. The van der Waals surface area contributed by atoms with Crippen LogP contribution in [-0.2, 0) is 4.79 Å². The lowest BCUT2D eigenvalue weighted by Crippen LogP contribution is -2.48. The van der Waals surface area contributed by atoms with Gasteiger partial charge in [0.25, 0.3) is 0 Å². The highest BCUT2D eigenvalue weighted by molar-refractivity contribution is 5.76. The van der Waals surface area contributed by atoms with E-state index in [-0.39, 0.29) is 6.04 Å². The third kappa shape index (κ3) is 4.52. The van der Waals surface area contributed by atoms with Crippen LogP contribution in [0.5, 0.6) is 0 Å². The summed E-state index contributed by atoms with van der Waals surface area (Å²) in [6, 6.07) is 0.184. The number of unbranched alkanes of at least 4 members (excludes halogenated alkanes) is 3. The topological polar surface area (TPSA) is 46.3 Å². The second kappa shape index (κ2) is 6.89. The molecule has 0 radical (unpaired) electrons. The van der Waals surface area contributed by atoms with Crippen molar-refractivity contribution in [1.82, 2.24) is 4.90 Å². The van der Waals surface area contributed by atoms with Gasteiger partial charge in [0, 0.05) is 25.6 Å². The van der Waals surface area contributed by atoms with Crippen LogP contribution in [-0.4, -0.2) is 29.9 Å². The summed E-state index contributed by atoms with van der Waals surface area (Å²) < 4.78 is 0. The van der Waals surface area contributed by atoms with Crippen LogP contribution in [0.3, 0.4) is 0 Å². The van der Waals surface area contributed by atoms with Gasteiger partial charge in [-0.2, -0.15) is 0 Å². The van der Waals surface area contributed by atoms with Crippen molar-refractivity contribution >= 4 is 5.91 Å². The molecule has 0 saturated carbocycles. The number of nitrogens with two attached hydrogens (primary N) is 1. The number of hydrogen-bond acceptors (Lipinski definition) is 2. The average molecular weight is 226 g/mol. The van der Waals surface area contributed by atoms with E-state index in [1.807, 2.05) is 4.90 Å². The van der Waals surface area contributed by atoms with Gasteiger partial charge in [0.1, 0.15) is 0 Å². The van der Waals surface area contributed by atoms with Gasteiger partial charge in [-0.1, -0.05) is 33.1 Å². The van der Waals surface area contributed by atoms with Gasteiger partial charge in [0.2, 0.25) is 5.91 Å². The van der Waals surface area contributed by atoms with E-state index >= 15 is 0 Å². The number of piperidine rings is 1. The molecule has 1 heterocycles. The summed E-state index contributed by atoms with van der Waals surface area (Å²) in [4.78, 5) is 13.9. The van der Waals surface area contributed by atoms with Crippen LogP contribution < -0.4 is 5.73 Å². The Morgan fingerprint density at radius 2 is 2.06 bits per heavy atom. The lowest BCUT2D eigenvalue weighted by Gasteiger charge is -2.34. The fraction of sp³-hybridized carbons (Fsp3) is 0.923. The maximum Gasteiger partial charge on any atom is 0.222 e. The number of rotatable bonds is 5. The van der Waals surface area contributed by atoms with E-state index in [1.54, 1.807) is 0 Å². The predicted molar refractivity (Wildman–Crippen MR) is 67.1 cm³/mol. The van der Waals surface area contributed by atoms with Gasteiger partial charge in [0.15, 0.2) is 0 Å². The van der Waals surface area contributed by atoms with Crippen LogP contribution in [0.15, 0.2) is 0 Å². The normalized spacial score (nSPS) is 25.8. The van der Waals surface area contributed by atoms with Crippen molar-refractivity contribution in [3.63, 3.8) is 0 Å². The molecule has 0 aromatic rings. The van der Waals surface area contributed by atoms with E-state index in [0.29, 0.717) is 18.2 Å². The Bertz CT molecular complexity index is 208.